The van der Waals surface area contributed by atoms with Crippen LogP contribution in [0.1, 0.15) is 36.3 Å². The van der Waals surface area contributed by atoms with E-state index in [-0.39, 0.29) is 17.2 Å². The number of halogens is 1. The molecule has 132 valence electrons. The molecule has 0 heterocycles. The molecule has 3 N–H and O–H groups in total. The van der Waals surface area contributed by atoms with Gasteiger partial charge in [0.25, 0.3) is 0 Å². The Labute approximate surface area is 156 Å². The van der Waals surface area contributed by atoms with Crippen LogP contribution in [0.5, 0.6) is 17.2 Å². The molecule has 1 atom stereocenters. The molecule has 0 saturated heterocycles. The smallest absolute Gasteiger partial charge is 0.169 e. The molecule has 1 aliphatic carbocycles. The van der Waals surface area contributed by atoms with E-state index >= 15 is 0 Å². The van der Waals surface area contributed by atoms with E-state index in [1.165, 1.54) is 5.56 Å². The van der Waals surface area contributed by atoms with Crippen LogP contribution in [0.3, 0.4) is 0 Å². The molecule has 0 fully saturated rings. The van der Waals surface area contributed by atoms with E-state index in [1.54, 1.807) is 24.3 Å². The second kappa shape index (κ2) is 6.58. The Bertz CT molecular complexity index is 1010. The van der Waals surface area contributed by atoms with Gasteiger partial charge in [0, 0.05) is 15.8 Å². The molecule has 1 aliphatic rings. The fourth-order valence-corrected chi connectivity index (χ4v) is 3.92. The highest BCUT2D eigenvalue weighted by molar-refractivity contribution is 6.30. The quantitative estimate of drug-likeness (QED) is 0.387. The summed E-state index contributed by atoms with van der Waals surface area (Å²) in [5, 5.41) is 33.2. The van der Waals surface area contributed by atoms with Gasteiger partial charge in [-0.3, -0.25) is 0 Å². The number of rotatable bonds is 2. The molecular weight excluding hydrogens is 348 g/mol. The molecule has 0 aliphatic heterocycles. The van der Waals surface area contributed by atoms with Gasteiger partial charge in [-0.05, 0) is 48.4 Å². The van der Waals surface area contributed by atoms with Crippen molar-refractivity contribution < 1.29 is 15.3 Å². The Morgan fingerprint density at radius 2 is 1.46 bits per heavy atom. The van der Waals surface area contributed by atoms with E-state index in [0.717, 1.165) is 23.4 Å². The van der Waals surface area contributed by atoms with Crippen molar-refractivity contribution in [1.82, 2.24) is 0 Å². The number of phenolic OH excluding ortho intramolecular Hbond substituents is 3. The van der Waals surface area contributed by atoms with Gasteiger partial charge < -0.3 is 15.3 Å². The summed E-state index contributed by atoms with van der Waals surface area (Å²) in [5.41, 5.74) is 2.45. The molecule has 3 aromatic rings. The maximum atomic E-state index is 10.7. The van der Waals surface area contributed by atoms with Crippen LogP contribution in [0.2, 0.25) is 5.02 Å². The Morgan fingerprint density at radius 3 is 2.08 bits per heavy atom. The van der Waals surface area contributed by atoms with Crippen LogP contribution in [0.25, 0.3) is 16.3 Å². The van der Waals surface area contributed by atoms with Crippen molar-refractivity contribution in [3.63, 3.8) is 0 Å². The minimum atomic E-state index is -0.252. The van der Waals surface area contributed by atoms with E-state index in [0.29, 0.717) is 28.7 Å². The predicted octanol–water partition coefficient (Wildman–Crippen LogP) is 5.96. The summed E-state index contributed by atoms with van der Waals surface area (Å²) >= 11 is 5.96. The molecule has 0 spiro atoms. The lowest BCUT2D eigenvalue weighted by atomic mass is 9.82. The van der Waals surface area contributed by atoms with Crippen LogP contribution in [-0.2, 0) is 0 Å². The largest absolute Gasteiger partial charge is 0.507 e. The second-order valence-electron chi connectivity index (χ2n) is 6.72. The van der Waals surface area contributed by atoms with Crippen molar-refractivity contribution in [2.24, 2.45) is 0 Å². The maximum absolute atomic E-state index is 10.7. The molecule has 0 bridgehead atoms. The van der Waals surface area contributed by atoms with Gasteiger partial charge in [0.15, 0.2) is 11.5 Å². The van der Waals surface area contributed by atoms with Crippen molar-refractivity contribution in [2.45, 2.75) is 25.2 Å². The first kappa shape index (κ1) is 16.8. The standard InChI is InChI=1S/C22H19ClO3/c23-16-11-9-14(10-12-16)13-5-7-15(8-6-13)19-20(24)17-3-1-2-4-18(17)21(25)22(19)26/h1-4,7,9-13,24-26H,5-6,8H2. The van der Waals surface area contributed by atoms with E-state index in [4.69, 9.17) is 11.6 Å². The Morgan fingerprint density at radius 1 is 0.808 bits per heavy atom. The molecule has 0 amide bonds. The Kier molecular flexibility index (Phi) is 4.25. The minimum Gasteiger partial charge on any atom is -0.507 e. The van der Waals surface area contributed by atoms with Gasteiger partial charge >= 0.3 is 0 Å². The van der Waals surface area contributed by atoms with Crippen LogP contribution in [0, 0.1) is 0 Å². The molecule has 26 heavy (non-hydrogen) atoms. The normalized spacial score (nSPS) is 17.3. The van der Waals surface area contributed by atoms with Crippen molar-refractivity contribution >= 4 is 27.9 Å². The van der Waals surface area contributed by atoms with Crippen molar-refractivity contribution in [1.29, 1.82) is 0 Å². The molecule has 1 unspecified atom stereocenters. The topological polar surface area (TPSA) is 60.7 Å². The molecule has 0 radical (unpaired) electrons. The number of allylic oxidation sites excluding steroid dienone is 2. The number of phenols is 3. The average molecular weight is 367 g/mol. The number of fused-ring (bicyclic) bond motifs is 1. The zero-order valence-corrected chi connectivity index (χ0v) is 14.9. The second-order valence-corrected chi connectivity index (χ2v) is 7.16. The molecular formula is C22H19ClO3. The molecule has 3 aromatic carbocycles. The molecule has 4 heteroatoms. The van der Waals surface area contributed by atoms with Gasteiger partial charge in [-0.15, -0.1) is 0 Å². The van der Waals surface area contributed by atoms with Crippen molar-refractivity contribution in [3.8, 4) is 17.2 Å². The van der Waals surface area contributed by atoms with Gasteiger partial charge in [0.2, 0.25) is 0 Å². The van der Waals surface area contributed by atoms with Crippen LogP contribution >= 0.6 is 11.6 Å². The van der Waals surface area contributed by atoms with E-state index in [1.807, 2.05) is 30.3 Å². The first-order valence-corrected chi connectivity index (χ1v) is 9.04. The van der Waals surface area contributed by atoms with Crippen molar-refractivity contribution in [3.05, 3.63) is 70.8 Å². The molecule has 4 rings (SSSR count). The van der Waals surface area contributed by atoms with Crippen molar-refractivity contribution in [2.75, 3.05) is 0 Å². The van der Waals surface area contributed by atoms with Crippen LogP contribution in [0.15, 0.2) is 54.6 Å². The third-order valence-corrected chi connectivity index (χ3v) is 5.46. The number of hydrogen-bond donors (Lipinski definition) is 3. The number of hydrogen-bond acceptors (Lipinski definition) is 3. The van der Waals surface area contributed by atoms with Crippen LogP contribution < -0.4 is 0 Å². The Balaban J connectivity index is 1.72. The van der Waals surface area contributed by atoms with Gasteiger partial charge in [-0.2, -0.15) is 0 Å². The summed E-state index contributed by atoms with van der Waals surface area (Å²) in [6.45, 7) is 0. The number of aromatic hydroxyl groups is 3. The maximum Gasteiger partial charge on any atom is 0.169 e. The SMILES string of the molecule is Oc1c(C2=CCC(c3ccc(Cl)cc3)CC2)c(O)c2ccccc2c1O. The highest BCUT2D eigenvalue weighted by Crippen LogP contribution is 2.49. The monoisotopic (exact) mass is 366 g/mol. The third kappa shape index (κ3) is 2.78. The summed E-state index contributed by atoms with van der Waals surface area (Å²) < 4.78 is 0. The van der Waals surface area contributed by atoms with E-state index in [9.17, 15) is 15.3 Å². The molecule has 3 nitrogen and oxygen atoms in total. The summed E-state index contributed by atoms with van der Waals surface area (Å²) in [5.74, 6) is -0.0343. The summed E-state index contributed by atoms with van der Waals surface area (Å²) in [4.78, 5) is 0. The fraction of sp³-hybridized carbons (Fsp3) is 0.182. The lowest BCUT2D eigenvalue weighted by molar-refractivity contribution is 0.400. The summed E-state index contributed by atoms with van der Waals surface area (Å²) in [6, 6.07) is 14.9. The van der Waals surface area contributed by atoms with Gasteiger partial charge in [-0.25, -0.2) is 0 Å². The Hall–Kier alpha value is -2.65. The highest BCUT2D eigenvalue weighted by atomic mass is 35.5. The molecule has 0 saturated carbocycles. The van der Waals surface area contributed by atoms with E-state index < -0.39 is 0 Å². The fourth-order valence-electron chi connectivity index (χ4n) is 3.79. The average Bonchev–Trinajstić information content (AvgIpc) is 2.68. The minimum absolute atomic E-state index is 0.0205. The zero-order chi connectivity index (χ0) is 18.3. The van der Waals surface area contributed by atoms with Gasteiger partial charge in [0.1, 0.15) is 5.75 Å². The lowest BCUT2D eigenvalue weighted by Gasteiger charge is -2.24. The van der Waals surface area contributed by atoms with Crippen LogP contribution in [-0.4, -0.2) is 15.3 Å². The first-order chi connectivity index (χ1) is 12.6. The zero-order valence-electron chi connectivity index (χ0n) is 14.1. The number of benzene rings is 3. The van der Waals surface area contributed by atoms with E-state index in [2.05, 4.69) is 0 Å². The summed E-state index contributed by atoms with van der Waals surface area (Å²) in [6.07, 6.45) is 4.47. The highest BCUT2D eigenvalue weighted by Gasteiger charge is 2.24. The van der Waals surface area contributed by atoms with Crippen LogP contribution in [0.4, 0.5) is 0 Å². The van der Waals surface area contributed by atoms with Gasteiger partial charge in [-0.1, -0.05) is 54.1 Å². The first-order valence-electron chi connectivity index (χ1n) is 8.66. The molecule has 0 aromatic heterocycles. The lowest BCUT2D eigenvalue weighted by Crippen LogP contribution is -2.04. The summed E-state index contributed by atoms with van der Waals surface area (Å²) in [7, 11) is 0. The third-order valence-electron chi connectivity index (χ3n) is 5.21. The predicted molar refractivity (Wildman–Crippen MR) is 105 cm³/mol. The van der Waals surface area contributed by atoms with Gasteiger partial charge in [0.05, 0.1) is 5.56 Å².